The van der Waals surface area contributed by atoms with Crippen molar-refractivity contribution in [1.29, 1.82) is 0 Å². The molecule has 0 aliphatic heterocycles. The van der Waals surface area contributed by atoms with Gasteiger partial charge in [0.15, 0.2) is 0 Å². The number of sulfonamides is 1. The molecule has 1 heterocycles. The molecule has 21 heavy (non-hydrogen) atoms. The maximum atomic E-state index is 12.5. The SMILES string of the molecule is CCNc1ncccc1S(=O)(=O)Nc1cccc(C)c1Br. The van der Waals surface area contributed by atoms with E-state index < -0.39 is 10.0 Å². The summed E-state index contributed by atoms with van der Waals surface area (Å²) in [5, 5.41) is 2.95. The first-order chi connectivity index (χ1) is 9.95. The van der Waals surface area contributed by atoms with Crippen molar-refractivity contribution in [2.45, 2.75) is 18.7 Å². The van der Waals surface area contributed by atoms with Gasteiger partial charge in [0, 0.05) is 17.2 Å². The molecule has 0 unspecified atom stereocenters. The van der Waals surface area contributed by atoms with Gasteiger partial charge in [-0.3, -0.25) is 4.72 Å². The minimum absolute atomic E-state index is 0.125. The number of hydrogen-bond acceptors (Lipinski definition) is 4. The van der Waals surface area contributed by atoms with Crippen molar-refractivity contribution in [3.05, 3.63) is 46.6 Å². The molecule has 0 saturated heterocycles. The number of nitrogens with zero attached hydrogens (tertiary/aromatic N) is 1. The van der Waals surface area contributed by atoms with E-state index in [-0.39, 0.29) is 4.90 Å². The number of nitrogens with one attached hydrogen (secondary N) is 2. The Morgan fingerprint density at radius 2 is 2.00 bits per heavy atom. The highest BCUT2D eigenvalue weighted by atomic mass is 79.9. The second-order valence-electron chi connectivity index (χ2n) is 4.42. The lowest BCUT2D eigenvalue weighted by Gasteiger charge is -2.13. The number of anilines is 2. The third-order valence-corrected chi connectivity index (χ3v) is 5.29. The molecule has 5 nitrogen and oxygen atoms in total. The fourth-order valence-electron chi connectivity index (χ4n) is 1.83. The predicted molar refractivity (Wildman–Crippen MR) is 88.1 cm³/mol. The van der Waals surface area contributed by atoms with E-state index >= 15 is 0 Å². The Kier molecular flexibility index (Phi) is 4.84. The van der Waals surface area contributed by atoms with E-state index in [0.717, 1.165) is 10.0 Å². The van der Waals surface area contributed by atoms with Crippen molar-refractivity contribution in [3.63, 3.8) is 0 Å². The van der Waals surface area contributed by atoms with Crippen LogP contribution >= 0.6 is 15.9 Å². The van der Waals surface area contributed by atoms with Gasteiger partial charge in [0.1, 0.15) is 10.7 Å². The van der Waals surface area contributed by atoms with Gasteiger partial charge >= 0.3 is 0 Å². The van der Waals surface area contributed by atoms with Crippen LogP contribution in [0.1, 0.15) is 12.5 Å². The van der Waals surface area contributed by atoms with Gasteiger partial charge in [-0.05, 0) is 53.5 Å². The quantitative estimate of drug-likeness (QED) is 0.847. The normalized spacial score (nSPS) is 11.2. The van der Waals surface area contributed by atoms with E-state index in [4.69, 9.17) is 0 Å². The molecule has 1 aromatic heterocycles. The smallest absolute Gasteiger partial charge is 0.265 e. The minimum atomic E-state index is -3.71. The van der Waals surface area contributed by atoms with Crippen molar-refractivity contribution >= 4 is 37.5 Å². The first kappa shape index (κ1) is 15.8. The fraction of sp³-hybridized carbons (Fsp3) is 0.214. The maximum absolute atomic E-state index is 12.5. The number of aromatic nitrogens is 1. The van der Waals surface area contributed by atoms with Crippen LogP contribution in [0.15, 0.2) is 45.9 Å². The Balaban J connectivity index is 2.41. The highest BCUT2D eigenvalue weighted by Crippen LogP contribution is 2.29. The van der Waals surface area contributed by atoms with Crippen LogP contribution in [0.2, 0.25) is 0 Å². The molecule has 0 saturated carbocycles. The van der Waals surface area contributed by atoms with Gasteiger partial charge in [-0.15, -0.1) is 0 Å². The largest absolute Gasteiger partial charge is 0.369 e. The lowest BCUT2D eigenvalue weighted by molar-refractivity contribution is 0.601. The molecule has 0 atom stereocenters. The summed E-state index contributed by atoms with van der Waals surface area (Å²) < 4.78 is 28.4. The van der Waals surface area contributed by atoms with Crippen molar-refractivity contribution < 1.29 is 8.42 Å². The van der Waals surface area contributed by atoms with E-state index in [1.165, 1.54) is 6.07 Å². The highest BCUT2D eigenvalue weighted by molar-refractivity contribution is 9.10. The summed E-state index contributed by atoms with van der Waals surface area (Å²) in [6.07, 6.45) is 1.56. The Morgan fingerprint density at radius 1 is 1.24 bits per heavy atom. The van der Waals surface area contributed by atoms with Gasteiger partial charge in [-0.1, -0.05) is 12.1 Å². The highest BCUT2D eigenvalue weighted by Gasteiger charge is 2.20. The van der Waals surface area contributed by atoms with Gasteiger partial charge in [0.25, 0.3) is 10.0 Å². The van der Waals surface area contributed by atoms with Crippen molar-refractivity contribution in [2.24, 2.45) is 0 Å². The second kappa shape index (κ2) is 6.44. The molecule has 0 radical (unpaired) electrons. The standard InChI is InChI=1S/C14H16BrN3O2S/c1-3-16-14-12(8-5-9-17-14)21(19,20)18-11-7-4-6-10(2)13(11)15/h4-9,18H,3H2,1-2H3,(H,16,17). The predicted octanol–water partition coefficient (Wildman–Crippen LogP) is 3.39. The van der Waals surface area contributed by atoms with Crippen molar-refractivity contribution in [2.75, 3.05) is 16.6 Å². The summed E-state index contributed by atoms with van der Waals surface area (Å²) in [4.78, 5) is 4.20. The maximum Gasteiger partial charge on any atom is 0.265 e. The van der Waals surface area contributed by atoms with Crippen molar-refractivity contribution in [3.8, 4) is 0 Å². The van der Waals surface area contributed by atoms with Crippen LogP contribution in [0.5, 0.6) is 0 Å². The van der Waals surface area contributed by atoms with Crippen LogP contribution < -0.4 is 10.0 Å². The van der Waals surface area contributed by atoms with Gasteiger partial charge in [-0.25, -0.2) is 13.4 Å². The zero-order chi connectivity index (χ0) is 15.5. The topological polar surface area (TPSA) is 71.1 Å². The van der Waals surface area contributed by atoms with Crippen LogP contribution in [0.25, 0.3) is 0 Å². The Hall–Kier alpha value is -1.60. The minimum Gasteiger partial charge on any atom is -0.369 e. The zero-order valence-electron chi connectivity index (χ0n) is 11.7. The third-order valence-electron chi connectivity index (χ3n) is 2.84. The first-order valence-electron chi connectivity index (χ1n) is 6.42. The summed E-state index contributed by atoms with van der Waals surface area (Å²) >= 11 is 3.40. The summed E-state index contributed by atoms with van der Waals surface area (Å²) in [6, 6.07) is 8.53. The molecule has 0 amide bonds. The average molecular weight is 370 g/mol. The molecule has 1 aromatic carbocycles. The zero-order valence-corrected chi connectivity index (χ0v) is 14.1. The first-order valence-corrected chi connectivity index (χ1v) is 8.70. The van der Waals surface area contributed by atoms with E-state index in [1.807, 2.05) is 19.9 Å². The monoisotopic (exact) mass is 369 g/mol. The molecule has 0 spiro atoms. The lowest BCUT2D eigenvalue weighted by atomic mass is 10.2. The summed E-state index contributed by atoms with van der Waals surface area (Å²) in [5.41, 5.74) is 1.45. The van der Waals surface area contributed by atoms with Crippen LogP contribution in [-0.2, 0) is 10.0 Å². The number of hydrogen-bond donors (Lipinski definition) is 2. The van der Waals surface area contributed by atoms with Gasteiger partial charge in [0.2, 0.25) is 0 Å². The van der Waals surface area contributed by atoms with Gasteiger partial charge < -0.3 is 5.32 Å². The van der Waals surface area contributed by atoms with E-state index in [1.54, 1.807) is 24.4 Å². The van der Waals surface area contributed by atoms with E-state index in [2.05, 4.69) is 31.0 Å². The van der Waals surface area contributed by atoms with Gasteiger partial charge in [-0.2, -0.15) is 0 Å². The van der Waals surface area contributed by atoms with Crippen LogP contribution in [-0.4, -0.2) is 19.9 Å². The number of pyridine rings is 1. The van der Waals surface area contributed by atoms with Crippen LogP contribution in [0, 0.1) is 6.92 Å². The summed E-state index contributed by atoms with van der Waals surface area (Å²) in [6.45, 7) is 4.37. The Labute approximate surface area is 133 Å². The molecular weight excluding hydrogens is 354 g/mol. The molecular formula is C14H16BrN3O2S. The van der Waals surface area contributed by atoms with Crippen LogP contribution in [0.3, 0.4) is 0 Å². The molecule has 2 aromatic rings. The average Bonchev–Trinajstić information content (AvgIpc) is 2.44. The molecule has 7 heteroatoms. The summed E-state index contributed by atoms with van der Waals surface area (Å²) in [5.74, 6) is 0.344. The lowest BCUT2D eigenvalue weighted by Crippen LogP contribution is -2.16. The number of benzene rings is 1. The number of aryl methyl sites for hydroxylation is 1. The molecule has 2 N–H and O–H groups in total. The molecule has 0 fully saturated rings. The second-order valence-corrected chi connectivity index (χ2v) is 6.87. The molecule has 2 rings (SSSR count). The molecule has 0 aliphatic carbocycles. The van der Waals surface area contributed by atoms with Gasteiger partial charge in [0.05, 0.1) is 5.69 Å². The fourth-order valence-corrected chi connectivity index (χ4v) is 3.53. The third kappa shape index (κ3) is 3.54. The molecule has 0 bridgehead atoms. The number of rotatable bonds is 5. The van der Waals surface area contributed by atoms with Crippen LogP contribution in [0.4, 0.5) is 11.5 Å². The van der Waals surface area contributed by atoms with E-state index in [9.17, 15) is 8.42 Å². The Morgan fingerprint density at radius 3 is 2.71 bits per heavy atom. The summed E-state index contributed by atoms with van der Waals surface area (Å²) in [7, 11) is -3.71. The van der Waals surface area contributed by atoms with Crippen molar-refractivity contribution in [1.82, 2.24) is 4.98 Å². The van der Waals surface area contributed by atoms with E-state index in [0.29, 0.717) is 18.1 Å². The number of halogens is 1. The Bertz CT molecular complexity index is 748. The molecule has 112 valence electrons. The molecule has 0 aliphatic rings.